The van der Waals surface area contributed by atoms with E-state index in [1.165, 1.54) is 0 Å². The number of halogens is 1. The second-order valence-electron chi connectivity index (χ2n) is 4.36. The molecular formula is C15H18BrN3. The molecule has 100 valence electrons. The largest absolute Gasteiger partial charge is 0.370 e. The van der Waals surface area contributed by atoms with Crippen LogP contribution in [0.15, 0.2) is 34.8 Å². The van der Waals surface area contributed by atoms with Crippen molar-refractivity contribution >= 4 is 21.7 Å². The molecule has 2 aromatic rings. The van der Waals surface area contributed by atoms with E-state index in [-0.39, 0.29) is 0 Å². The highest BCUT2D eigenvalue weighted by Gasteiger charge is 2.06. The molecule has 4 heteroatoms. The number of aryl methyl sites for hydroxylation is 1. The second-order valence-corrected chi connectivity index (χ2v) is 5.27. The van der Waals surface area contributed by atoms with Gasteiger partial charge in [0.15, 0.2) is 5.82 Å². The summed E-state index contributed by atoms with van der Waals surface area (Å²) in [4.78, 5) is 9.22. The molecule has 0 bridgehead atoms. The Morgan fingerprint density at radius 3 is 2.68 bits per heavy atom. The molecule has 1 N–H and O–H groups in total. The number of nitrogens with one attached hydrogen (secondary N) is 1. The van der Waals surface area contributed by atoms with E-state index < -0.39 is 0 Å². The van der Waals surface area contributed by atoms with Crippen LogP contribution >= 0.6 is 15.9 Å². The molecule has 0 saturated carbocycles. The lowest BCUT2D eigenvalue weighted by Crippen LogP contribution is -2.04. The predicted octanol–water partition coefficient (Wildman–Crippen LogP) is 4.29. The van der Waals surface area contributed by atoms with Crippen LogP contribution in [0.1, 0.15) is 26.0 Å². The SMILES string of the molecule is CCCc1cc(NCC)nc(-c2cccc(Br)c2)n1. The standard InChI is InChI=1S/C15H18BrN3/c1-3-6-13-10-14(17-4-2)19-15(18-13)11-7-5-8-12(16)9-11/h5,7-10H,3-4,6H2,1-2H3,(H,17,18,19). The van der Waals surface area contributed by atoms with E-state index in [0.29, 0.717) is 0 Å². The number of benzene rings is 1. The van der Waals surface area contributed by atoms with Gasteiger partial charge in [0.25, 0.3) is 0 Å². The van der Waals surface area contributed by atoms with Gasteiger partial charge in [0.1, 0.15) is 5.82 Å². The Labute approximate surface area is 122 Å². The molecule has 0 saturated heterocycles. The lowest BCUT2D eigenvalue weighted by Gasteiger charge is -2.09. The number of rotatable bonds is 5. The number of nitrogens with zero attached hydrogens (tertiary/aromatic N) is 2. The normalized spacial score (nSPS) is 10.5. The molecule has 3 nitrogen and oxygen atoms in total. The molecule has 2 rings (SSSR count). The van der Waals surface area contributed by atoms with Crippen LogP contribution in [0.4, 0.5) is 5.82 Å². The van der Waals surface area contributed by atoms with Gasteiger partial charge in [-0.15, -0.1) is 0 Å². The Morgan fingerprint density at radius 1 is 1.16 bits per heavy atom. The quantitative estimate of drug-likeness (QED) is 0.893. The Hall–Kier alpha value is -1.42. The van der Waals surface area contributed by atoms with Crippen molar-refractivity contribution in [2.24, 2.45) is 0 Å². The maximum Gasteiger partial charge on any atom is 0.161 e. The van der Waals surface area contributed by atoms with Gasteiger partial charge in [0.05, 0.1) is 0 Å². The lowest BCUT2D eigenvalue weighted by atomic mass is 10.2. The van der Waals surface area contributed by atoms with Crippen LogP contribution in [0.25, 0.3) is 11.4 Å². The van der Waals surface area contributed by atoms with Crippen molar-refractivity contribution in [1.29, 1.82) is 0 Å². The molecule has 0 aliphatic heterocycles. The maximum atomic E-state index is 4.64. The number of hydrogen-bond acceptors (Lipinski definition) is 3. The summed E-state index contributed by atoms with van der Waals surface area (Å²) in [6.07, 6.45) is 2.06. The molecule has 0 spiro atoms. The van der Waals surface area contributed by atoms with E-state index in [4.69, 9.17) is 0 Å². The van der Waals surface area contributed by atoms with Gasteiger partial charge in [-0.2, -0.15) is 0 Å². The Kier molecular flexibility index (Phi) is 4.91. The van der Waals surface area contributed by atoms with E-state index >= 15 is 0 Å². The average molecular weight is 320 g/mol. The molecule has 0 unspecified atom stereocenters. The average Bonchev–Trinajstić information content (AvgIpc) is 2.39. The molecule has 0 fully saturated rings. The molecule has 0 aliphatic rings. The van der Waals surface area contributed by atoms with Gasteiger partial charge in [-0.1, -0.05) is 41.4 Å². The van der Waals surface area contributed by atoms with Gasteiger partial charge in [0.2, 0.25) is 0 Å². The van der Waals surface area contributed by atoms with Crippen LogP contribution in [-0.2, 0) is 6.42 Å². The monoisotopic (exact) mass is 319 g/mol. The molecule has 0 radical (unpaired) electrons. The van der Waals surface area contributed by atoms with Crippen LogP contribution in [0, 0.1) is 0 Å². The lowest BCUT2D eigenvalue weighted by molar-refractivity contribution is 0.875. The first-order valence-corrected chi connectivity index (χ1v) is 7.40. The zero-order valence-corrected chi connectivity index (χ0v) is 12.9. The molecule has 19 heavy (non-hydrogen) atoms. The summed E-state index contributed by atoms with van der Waals surface area (Å²) < 4.78 is 1.04. The zero-order valence-electron chi connectivity index (χ0n) is 11.3. The summed E-state index contributed by atoms with van der Waals surface area (Å²) in [5.74, 6) is 1.68. The van der Waals surface area contributed by atoms with Crippen molar-refractivity contribution in [3.05, 3.63) is 40.5 Å². The van der Waals surface area contributed by atoms with Crippen molar-refractivity contribution in [2.75, 3.05) is 11.9 Å². The minimum absolute atomic E-state index is 0.781. The summed E-state index contributed by atoms with van der Waals surface area (Å²) in [5, 5.41) is 3.27. The van der Waals surface area contributed by atoms with Gasteiger partial charge < -0.3 is 5.32 Å². The van der Waals surface area contributed by atoms with E-state index in [1.54, 1.807) is 0 Å². The fourth-order valence-corrected chi connectivity index (χ4v) is 2.31. The molecule has 0 aliphatic carbocycles. The molecule has 1 aromatic heterocycles. The zero-order chi connectivity index (χ0) is 13.7. The van der Waals surface area contributed by atoms with Crippen molar-refractivity contribution in [1.82, 2.24) is 9.97 Å². The first-order valence-electron chi connectivity index (χ1n) is 6.60. The van der Waals surface area contributed by atoms with Gasteiger partial charge in [-0.05, 0) is 25.5 Å². The first-order chi connectivity index (χ1) is 9.22. The number of hydrogen-bond donors (Lipinski definition) is 1. The van der Waals surface area contributed by atoms with Crippen LogP contribution in [-0.4, -0.2) is 16.5 Å². The highest BCUT2D eigenvalue weighted by molar-refractivity contribution is 9.10. The predicted molar refractivity (Wildman–Crippen MR) is 83.3 cm³/mol. The number of aromatic nitrogens is 2. The molecular weight excluding hydrogens is 302 g/mol. The van der Waals surface area contributed by atoms with Crippen molar-refractivity contribution < 1.29 is 0 Å². The van der Waals surface area contributed by atoms with Crippen LogP contribution in [0.2, 0.25) is 0 Å². The fraction of sp³-hybridized carbons (Fsp3) is 0.333. The third-order valence-electron chi connectivity index (χ3n) is 2.73. The summed E-state index contributed by atoms with van der Waals surface area (Å²) in [6.45, 7) is 5.09. The van der Waals surface area contributed by atoms with Crippen molar-refractivity contribution in [3.8, 4) is 11.4 Å². The highest BCUT2D eigenvalue weighted by atomic mass is 79.9. The Balaban J connectivity index is 2.43. The maximum absolute atomic E-state index is 4.64. The smallest absolute Gasteiger partial charge is 0.161 e. The molecule has 1 heterocycles. The van der Waals surface area contributed by atoms with E-state index in [9.17, 15) is 0 Å². The minimum Gasteiger partial charge on any atom is -0.370 e. The Morgan fingerprint density at radius 2 is 2.00 bits per heavy atom. The molecule has 1 aromatic carbocycles. The van der Waals surface area contributed by atoms with Gasteiger partial charge >= 0.3 is 0 Å². The topological polar surface area (TPSA) is 37.8 Å². The van der Waals surface area contributed by atoms with E-state index in [2.05, 4.69) is 45.1 Å². The Bertz CT molecular complexity index is 531. The van der Waals surface area contributed by atoms with Gasteiger partial charge in [-0.25, -0.2) is 9.97 Å². The summed E-state index contributed by atoms with van der Waals surface area (Å²) in [5.41, 5.74) is 2.12. The van der Waals surface area contributed by atoms with Crippen LogP contribution < -0.4 is 5.32 Å². The van der Waals surface area contributed by atoms with Crippen molar-refractivity contribution in [3.63, 3.8) is 0 Å². The van der Waals surface area contributed by atoms with E-state index in [0.717, 1.165) is 46.8 Å². The fourth-order valence-electron chi connectivity index (χ4n) is 1.91. The van der Waals surface area contributed by atoms with Gasteiger partial charge in [-0.3, -0.25) is 0 Å². The molecule has 0 amide bonds. The number of anilines is 1. The third-order valence-corrected chi connectivity index (χ3v) is 3.22. The highest BCUT2D eigenvalue weighted by Crippen LogP contribution is 2.22. The van der Waals surface area contributed by atoms with Crippen LogP contribution in [0.3, 0.4) is 0 Å². The summed E-state index contributed by atoms with van der Waals surface area (Å²) >= 11 is 3.49. The molecule has 0 atom stereocenters. The van der Waals surface area contributed by atoms with Gasteiger partial charge in [0, 0.05) is 28.3 Å². The van der Waals surface area contributed by atoms with Crippen LogP contribution in [0.5, 0.6) is 0 Å². The summed E-state index contributed by atoms with van der Waals surface area (Å²) in [6, 6.07) is 10.1. The minimum atomic E-state index is 0.781. The second kappa shape index (κ2) is 6.66. The van der Waals surface area contributed by atoms with E-state index in [1.807, 2.05) is 30.3 Å². The van der Waals surface area contributed by atoms with Crippen molar-refractivity contribution in [2.45, 2.75) is 26.7 Å². The third kappa shape index (κ3) is 3.77. The summed E-state index contributed by atoms with van der Waals surface area (Å²) in [7, 11) is 0. The first kappa shape index (κ1) is 14.0.